The van der Waals surface area contributed by atoms with Gasteiger partial charge in [0.2, 0.25) is 10.0 Å². The molecule has 118 valence electrons. The fourth-order valence-corrected chi connectivity index (χ4v) is 4.32. The molecule has 0 amide bonds. The van der Waals surface area contributed by atoms with Crippen LogP contribution in [0.3, 0.4) is 0 Å². The van der Waals surface area contributed by atoms with E-state index in [9.17, 15) is 8.42 Å². The van der Waals surface area contributed by atoms with E-state index in [0.29, 0.717) is 23.0 Å². The maximum absolute atomic E-state index is 12.4. The van der Waals surface area contributed by atoms with Gasteiger partial charge in [0.25, 0.3) is 0 Å². The van der Waals surface area contributed by atoms with Gasteiger partial charge < -0.3 is 11.1 Å². The van der Waals surface area contributed by atoms with Crippen molar-refractivity contribution < 1.29 is 8.42 Å². The molecule has 21 heavy (non-hydrogen) atoms. The Labute approximate surface area is 127 Å². The third-order valence-electron chi connectivity index (χ3n) is 3.87. The first-order chi connectivity index (χ1) is 9.94. The van der Waals surface area contributed by atoms with Crippen molar-refractivity contribution in [3.63, 3.8) is 0 Å². The van der Waals surface area contributed by atoms with Crippen LogP contribution in [0.25, 0.3) is 0 Å². The van der Waals surface area contributed by atoms with Crippen LogP contribution >= 0.6 is 0 Å². The summed E-state index contributed by atoms with van der Waals surface area (Å²) in [6, 6.07) is 7.18. The van der Waals surface area contributed by atoms with Crippen molar-refractivity contribution >= 4 is 15.7 Å². The van der Waals surface area contributed by atoms with Crippen LogP contribution in [0.2, 0.25) is 0 Å². The Morgan fingerprint density at radius 2 is 2.00 bits per heavy atom. The second-order valence-corrected chi connectivity index (χ2v) is 7.63. The molecule has 4 N–H and O–H groups in total. The Morgan fingerprint density at radius 1 is 1.29 bits per heavy atom. The first kappa shape index (κ1) is 16.3. The van der Waals surface area contributed by atoms with Gasteiger partial charge in [-0.3, -0.25) is 0 Å². The molecule has 0 saturated heterocycles. The number of para-hydroxylation sites is 1. The Kier molecular flexibility index (Phi) is 5.24. The first-order valence-corrected chi connectivity index (χ1v) is 9.00. The molecule has 1 saturated carbocycles. The van der Waals surface area contributed by atoms with Crippen molar-refractivity contribution in [3.05, 3.63) is 24.3 Å². The van der Waals surface area contributed by atoms with Crippen LogP contribution in [-0.2, 0) is 10.0 Å². The van der Waals surface area contributed by atoms with Gasteiger partial charge in [-0.05, 0) is 51.3 Å². The van der Waals surface area contributed by atoms with Gasteiger partial charge in [0, 0.05) is 12.1 Å². The van der Waals surface area contributed by atoms with Gasteiger partial charge in [0.05, 0.1) is 5.69 Å². The second kappa shape index (κ2) is 6.77. The molecule has 2 rings (SSSR count). The van der Waals surface area contributed by atoms with Crippen LogP contribution in [0.4, 0.5) is 5.69 Å². The average molecular weight is 311 g/mol. The van der Waals surface area contributed by atoms with E-state index in [4.69, 9.17) is 5.73 Å². The molecule has 0 radical (unpaired) electrons. The van der Waals surface area contributed by atoms with Gasteiger partial charge in [-0.2, -0.15) is 0 Å². The molecular weight excluding hydrogens is 286 g/mol. The van der Waals surface area contributed by atoms with Crippen LogP contribution < -0.4 is 15.8 Å². The molecule has 0 heterocycles. The molecule has 6 heteroatoms. The molecule has 0 spiro atoms. The maximum Gasteiger partial charge on any atom is 0.242 e. The minimum atomic E-state index is -3.50. The van der Waals surface area contributed by atoms with Gasteiger partial charge >= 0.3 is 0 Å². The summed E-state index contributed by atoms with van der Waals surface area (Å²) in [6.07, 6.45) is 3.28. The molecule has 2 atom stereocenters. The summed E-state index contributed by atoms with van der Waals surface area (Å²) >= 11 is 0. The summed E-state index contributed by atoms with van der Waals surface area (Å²) < 4.78 is 27.5. The first-order valence-electron chi connectivity index (χ1n) is 7.52. The predicted octanol–water partition coefficient (Wildman–Crippen LogP) is 1.91. The molecule has 1 aromatic carbocycles. The van der Waals surface area contributed by atoms with Gasteiger partial charge in [-0.1, -0.05) is 18.6 Å². The highest BCUT2D eigenvalue weighted by Gasteiger charge is 2.28. The smallest absolute Gasteiger partial charge is 0.242 e. The summed E-state index contributed by atoms with van der Waals surface area (Å²) in [5, 5.41) is 3.39. The molecule has 1 aliphatic carbocycles. The number of hydrogen-bond donors (Lipinski definition) is 3. The van der Waals surface area contributed by atoms with Crippen LogP contribution in [-0.4, -0.2) is 27.0 Å². The SMILES string of the molecule is CC(C)NS(=O)(=O)c1ccccc1NC1CCCC1CN. The van der Waals surface area contributed by atoms with Crippen LogP contribution in [0.5, 0.6) is 0 Å². The van der Waals surface area contributed by atoms with E-state index in [1.165, 1.54) is 0 Å². The molecule has 0 bridgehead atoms. The highest BCUT2D eigenvalue weighted by molar-refractivity contribution is 7.89. The van der Waals surface area contributed by atoms with E-state index in [0.717, 1.165) is 19.3 Å². The summed E-state index contributed by atoms with van der Waals surface area (Å²) in [5.41, 5.74) is 6.46. The Morgan fingerprint density at radius 3 is 2.67 bits per heavy atom. The Hall–Kier alpha value is -1.11. The molecule has 0 aliphatic heterocycles. The summed E-state index contributed by atoms with van der Waals surface area (Å²) in [4.78, 5) is 0.307. The molecule has 2 unspecified atom stereocenters. The van der Waals surface area contributed by atoms with Crippen LogP contribution in [0, 0.1) is 5.92 Å². The minimum Gasteiger partial charge on any atom is -0.381 e. The standard InChI is InChI=1S/C15H25N3O2S/c1-11(2)18-21(19,20)15-9-4-3-7-14(15)17-13-8-5-6-12(13)10-16/h3-4,7,9,11-13,17-18H,5-6,8,10,16H2,1-2H3. The zero-order valence-corrected chi connectivity index (χ0v) is 13.5. The lowest BCUT2D eigenvalue weighted by Crippen LogP contribution is -2.33. The minimum absolute atomic E-state index is 0.133. The largest absolute Gasteiger partial charge is 0.381 e. The van der Waals surface area contributed by atoms with Gasteiger partial charge in [0.1, 0.15) is 4.90 Å². The zero-order valence-electron chi connectivity index (χ0n) is 12.7. The number of anilines is 1. The summed E-state index contributed by atoms with van der Waals surface area (Å²) in [5.74, 6) is 0.416. The van der Waals surface area contributed by atoms with E-state index in [-0.39, 0.29) is 12.1 Å². The highest BCUT2D eigenvalue weighted by Crippen LogP contribution is 2.30. The molecule has 1 aliphatic rings. The third-order valence-corrected chi connectivity index (χ3v) is 5.59. The molecule has 5 nitrogen and oxygen atoms in total. The van der Waals surface area contributed by atoms with Gasteiger partial charge in [-0.25, -0.2) is 13.1 Å². The van der Waals surface area contributed by atoms with Crippen molar-refractivity contribution in [3.8, 4) is 0 Å². The number of hydrogen-bond acceptors (Lipinski definition) is 4. The predicted molar refractivity (Wildman–Crippen MR) is 85.7 cm³/mol. The highest BCUT2D eigenvalue weighted by atomic mass is 32.2. The van der Waals surface area contributed by atoms with Gasteiger partial charge in [-0.15, -0.1) is 0 Å². The van der Waals surface area contributed by atoms with E-state index in [2.05, 4.69) is 10.0 Å². The van der Waals surface area contributed by atoms with Crippen molar-refractivity contribution in [1.29, 1.82) is 0 Å². The topological polar surface area (TPSA) is 84.2 Å². The molecule has 0 aromatic heterocycles. The fourth-order valence-electron chi connectivity index (χ4n) is 2.90. The zero-order chi connectivity index (χ0) is 15.5. The number of benzene rings is 1. The Bertz CT molecular complexity index is 572. The van der Waals surface area contributed by atoms with Crippen molar-refractivity contribution in [2.75, 3.05) is 11.9 Å². The van der Waals surface area contributed by atoms with Crippen LogP contribution in [0.1, 0.15) is 33.1 Å². The van der Waals surface area contributed by atoms with E-state index >= 15 is 0 Å². The van der Waals surface area contributed by atoms with Crippen LogP contribution in [0.15, 0.2) is 29.2 Å². The lowest BCUT2D eigenvalue weighted by molar-refractivity contribution is 0.515. The molecule has 1 fully saturated rings. The van der Waals surface area contributed by atoms with E-state index < -0.39 is 10.0 Å². The Balaban J connectivity index is 2.25. The second-order valence-electron chi connectivity index (χ2n) is 5.95. The summed E-state index contributed by atoms with van der Waals surface area (Å²) in [6.45, 7) is 4.26. The normalized spacial score (nSPS) is 22.7. The molecular formula is C15H25N3O2S. The van der Waals surface area contributed by atoms with Crippen molar-refractivity contribution in [1.82, 2.24) is 4.72 Å². The average Bonchev–Trinajstić information content (AvgIpc) is 2.85. The quantitative estimate of drug-likeness (QED) is 0.749. The van der Waals surface area contributed by atoms with Crippen molar-refractivity contribution in [2.24, 2.45) is 11.7 Å². The van der Waals surface area contributed by atoms with E-state index in [1.54, 1.807) is 12.1 Å². The molecule has 1 aromatic rings. The fraction of sp³-hybridized carbons (Fsp3) is 0.600. The summed E-state index contributed by atoms with van der Waals surface area (Å²) in [7, 11) is -3.50. The third kappa shape index (κ3) is 3.96. The monoisotopic (exact) mass is 311 g/mol. The number of sulfonamides is 1. The van der Waals surface area contributed by atoms with Crippen molar-refractivity contribution in [2.45, 2.75) is 50.1 Å². The number of nitrogens with one attached hydrogen (secondary N) is 2. The van der Waals surface area contributed by atoms with Gasteiger partial charge in [0.15, 0.2) is 0 Å². The number of nitrogens with two attached hydrogens (primary N) is 1. The van der Waals surface area contributed by atoms with E-state index in [1.807, 2.05) is 26.0 Å². The number of rotatable bonds is 6. The lowest BCUT2D eigenvalue weighted by atomic mass is 10.0. The maximum atomic E-state index is 12.4. The lowest BCUT2D eigenvalue weighted by Gasteiger charge is -2.22.